The first-order valence-corrected chi connectivity index (χ1v) is 25.3. The Bertz CT molecular complexity index is 1490. The molecule has 6 heteroatoms. The zero-order valence-electron chi connectivity index (χ0n) is 44.1. The minimum Gasteiger partial charge on any atom is -0.472 e. The van der Waals surface area contributed by atoms with Gasteiger partial charge in [-0.3, -0.25) is 0 Å². The van der Waals surface area contributed by atoms with E-state index < -0.39 is 0 Å². The summed E-state index contributed by atoms with van der Waals surface area (Å²) in [5, 5.41) is 6.44. The van der Waals surface area contributed by atoms with E-state index in [1.54, 1.807) is 30.1 Å². The summed E-state index contributed by atoms with van der Waals surface area (Å²) in [6, 6.07) is 18.8. The van der Waals surface area contributed by atoms with Gasteiger partial charge in [0.1, 0.15) is 5.76 Å². The van der Waals surface area contributed by atoms with Crippen molar-refractivity contribution in [1.82, 2.24) is 9.13 Å². The van der Waals surface area contributed by atoms with Crippen molar-refractivity contribution in [2.24, 2.45) is 14.1 Å². The van der Waals surface area contributed by atoms with Gasteiger partial charge >= 0.3 is 0 Å². The number of aryl methyl sites for hydroxylation is 2. The summed E-state index contributed by atoms with van der Waals surface area (Å²) in [4.78, 5) is 1.48. The summed E-state index contributed by atoms with van der Waals surface area (Å²) in [5.41, 5.74) is 5.53. The molecule has 0 fully saturated rings. The molecule has 0 amide bonds. The van der Waals surface area contributed by atoms with E-state index in [0.29, 0.717) is 35.5 Å². The second-order valence-corrected chi connectivity index (χ2v) is 16.1. The first-order valence-electron chi connectivity index (χ1n) is 23.5. The number of nitrogens with zero attached hydrogens (tertiary/aromatic N) is 2. The molecule has 61 heavy (non-hydrogen) atoms. The van der Waals surface area contributed by atoms with E-state index in [2.05, 4.69) is 170 Å². The summed E-state index contributed by atoms with van der Waals surface area (Å²) in [6.07, 6.45) is 12.7. The Balaban J connectivity index is -0.000000197. The molecule has 0 aliphatic heterocycles. The lowest BCUT2D eigenvalue weighted by Crippen LogP contribution is -1.95. The number of furan rings is 2. The molecule has 1 atom stereocenters. The Morgan fingerprint density at radius 3 is 1.34 bits per heavy atom. The van der Waals surface area contributed by atoms with Gasteiger partial charge in [0.25, 0.3) is 0 Å². The van der Waals surface area contributed by atoms with E-state index in [4.69, 9.17) is 8.83 Å². The van der Waals surface area contributed by atoms with E-state index in [0.717, 1.165) is 12.2 Å². The van der Waals surface area contributed by atoms with Gasteiger partial charge in [0, 0.05) is 49.2 Å². The largest absolute Gasteiger partial charge is 0.472 e. The van der Waals surface area contributed by atoms with Gasteiger partial charge in [-0.1, -0.05) is 158 Å². The lowest BCUT2D eigenvalue weighted by molar-refractivity contribution is 0.469. The molecule has 6 heterocycles. The zero-order valence-corrected chi connectivity index (χ0v) is 45.7. The molecule has 6 aromatic heterocycles. The third kappa shape index (κ3) is 34.8. The molecule has 1 unspecified atom stereocenters. The minimum atomic E-state index is 0.569. The molecule has 0 saturated carbocycles. The second-order valence-electron chi connectivity index (χ2n) is 14.4. The maximum atomic E-state index is 5.19. The fourth-order valence-corrected chi connectivity index (χ4v) is 6.11. The average molecular weight is 884 g/mol. The highest BCUT2D eigenvalue weighted by atomic mass is 32.1. The predicted octanol–water partition coefficient (Wildman–Crippen LogP) is 20.4. The number of thiophene rings is 2. The molecule has 6 rings (SSSR count). The lowest BCUT2D eigenvalue weighted by Gasteiger charge is -2.04. The number of hydrogen-bond donors (Lipinski definition) is 0. The van der Waals surface area contributed by atoms with E-state index >= 15 is 0 Å². The van der Waals surface area contributed by atoms with Crippen molar-refractivity contribution in [3.8, 4) is 0 Å². The van der Waals surface area contributed by atoms with E-state index in [9.17, 15) is 0 Å². The number of hydrogen-bond acceptors (Lipinski definition) is 4. The highest BCUT2D eigenvalue weighted by Gasteiger charge is 2.03. The van der Waals surface area contributed by atoms with Crippen LogP contribution >= 0.6 is 22.7 Å². The Labute approximate surface area is 388 Å². The summed E-state index contributed by atoms with van der Waals surface area (Å²) >= 11 is 3.60. The standard InChI is InChI=1S/2C8H13N.C8H12O.C7H10O.2C7H10S.5C2H6/c1-7(2)8-4-5-9(3)6-8;1-7(2)8-5-4-6-9(8)3;1-3-7(2)8-5-4-6-9-8;2*1-6(2)7-3-4-8-5-7;1-6(2)7-4-3-5-8-7;5*1-2/h2*4-7H,1-3H3;4-7H,3H2,1-2H3;3*3-6H,1-2H3;5*1-2H3. The summed E-state index contributed by atoms with van der Waals surface area (Å²) < 4.78 is 14.3. The molecule has 0 aromatic carbocycles. The van der Waals surface area contributed by atoms with Gasteiger partial charge < -0.3 is 18.0 Å². The molecule has 0 bridgehead atoms. The van der Waals surface area contributed by atoms with Crippen LogP contribution in [0.3, 0.4) is 0 Å². The summed E-state index contributed by atoms with van der Waals surface area (Å²) in [5.74, 6) is 4.96. The van der Waals surface area contributed by atoms with Crippen molar-refractivity contribution in [3.63, 3.8) is 0 Å². The van der Waals surface area contributed by atoms with Gasteiger partial charge in [-0.05, 0) is 117 Å². The minimum absolute atomic E-state index is 0.569. The molecule has 4 nitrogen and oxygen atoms in total. The fourth-order valence-electron chi connectivity index (χ4n) is 4.54. The maximum absolute atomic E-state index is 5.19. The third-order valence-corrected chi connectivity index (χ3v) is 10.1. The van der Waals surface area contributed by atoms with Gasteiger partial charge in [0.15, 0.2) is 0 Å². The van der Waals surface area contributed by atoms with Gasteiger partial charge in [-0.2, -0.15) is 11.3 Å². The fraction of sp³-hybridized carbons (Fsp3) is 0.564. The van der Waals surface area contributed by atoms with E-state index in [1.807, 2.05) is 106 Å². The molecule has 0 N–H and O–H groups in total. The Kier molecular flexibility index (Phi) is 50.3. The van der Waals surface area contributed by atoms with Crippen LogP contribution in [0.5, 0.6) is 0 Å². The van der Waals surface area contributed by atoms with E-state index in [-0.39, 0.29) is 0 Å². The van der Waals surface area contributed by atoms with Crippen LogP contribution < -0.4 is 0 Å². The first-order chi connectivity index (χ1) is 29.2. The second kappa shape index (κ2) is 46.0. The van der Waals surface area contributed by atoms with Crippen molar-refractivity contribution in [3.05, 3.63) is 141 Å². The maximum Gasteiger partial charge on any atom is 0.106 e. The summed E-state index contributed by atoms with van der Waals surface area (Å²) in [7, 11) is 4.13. The topological polar surface area (TPSA) is 36.1 Å². The Morgan fingerprint density at radius 1 is 0.541 bits per heavy atom. The molecule has 0 spiro atoms. The molecule has 0 aliphatic rings. The van der Waals surface area contributed by atoms with Crippen molar-refractivity contribution >= 4 is 22.7 Å². The van der Waals surface area contributed by atoms with Crippen LogP contribution in [0.4, 0.5) is 0 Å². The monoisotopic (exact) mass is 883 g/mol. The smallest absolute Gasteiger partial charge is 0.106 e. The Hall–Kier alpha value is -3.48. The van der Waals surface area contributed by atoms with Gasteiger partial charge in [0.2, 0.25) is 0 Å². The van der Waals surface area contributed by atoms with E-state index in [1.165, 1.54) is 27.3 Å². The molecule has 0 radical (unpaired) electrons. The van der Waals surface area contributed by atoms with Gasteiger partial charge in [-0.25, -0.2) is 0 Å². The lowest BCUT2D eigenvalue weighted by atomic mass is 10.1. The molecule has 352 valence electrons. The van der Waals surface area contributed by atoms with Crippen LogP contribution in [0, 0.1) is 0 Å². The van der Waals surface area contributed by atoms with Gasteiger partial charge in [-0.15, -0.1) is 11.3 Å². The molecule has 0 saturated heterocycles. The molecular formula is C55H98N2O2S2. The van der Waals surface area contributed by atoms with Crippen LogP contribution in [0.1, 0.15) is 227 Å². The summed E-state index contributed by atoms with van der Waals surface area (Å²) in [6.45, 7) is 46.3. The van der Waals surface area contributed by atoms with Crippen molar-refractivity contribution in [2.45, 2.75) is 194 Å². The number of rotatable bonds is 7. The Morgan fingerprint density at radius 2 is 1.11 bits per heavy atom. The van der Waals surface area contributed by atoms with Crippen molar-refractivity contribution in [1.29, 1.82) is 0 Å². The average Bonchev–Trinajstić information content (AvgIpc) is 4.14. The van der Waals surface area contributed by atoms with Crippen LogP contribution in [-0.4, -0.2) is 9.13 Å². The highest BCUT2D eigenvalue weighted by molar-refractivity contribution is 7.10. The molecule has 0 aliphatic carbocycles. The SMILES string of the molecule is CC.CC.CC.CC.CC.CC(C)c1cccn1C.CC(C)c1cccs1.CC(C)c1ccn(C)c1.CC(C)c1ccoc1.CC(C)c1ccsc1.CCC(C)c1ccco1. The molecule has 6 aromatic rings. The quantitative estimate of drug-likeness (QED) is 0.160. The van der Waals surface area contributed by atoms with Gasteiger partial charge in [0.05, 0.1) is 18.8 Å². The van der Waals surface area contributed by atoms with Crippen LogP contribution in [-0.2, 0) is 14.1 Å². The van der Waals surface area contributed by atoms with Crippen molar-refractivity contribution < 1.29 is 8.83 Å². The normalized spacial score (nSPS) is 9.72. The van der Waals surface area contributed by atoms with Crippen LogP contribution in [0.15, 0.2) is 117 Å². The highest BCUT2D eigenvalue weighted by Crippen LogP contribution is 2.20. The number of aromatic nitrogens is 2. The first kappa shape index (κ1) is 66.6. The molecular weight excluding hydrogens is 785 g/mol. The third-order valence-electron chi connectivity index (χ3n) is 8.27. The van der Waals surface area contributed by atoms with Crippen LogP contribution in [0.2, 0.25) is 0 Å². The predicted molar refractivity (Wildman–Crippen MR) is 283 cm³/mol. The van der Waals surface area contributed by atoms with Crippen LogP contribution in [0.25, 0.3) is 0 Å². The van der Waals surface area contributed by atoms with Crippen molar-refractivity contribution in [2.75, 3.05) is 0 Å². The zero-order chi connectivity index (χ0) is 48.3.